The monoisotopic (exact) mass is 456 g/mol. The maximum atomic E-state index is 13.3. The van der Waals surface area contributed by atoms with Crippen molar-refractivity contribution in [3.63, 3.8) is 0 Å². The smallest absolute Gasteiger partial charge is 0.242 e. The van der Waals surface area contributed by atoms with Crippen molar-refractivity contribution in [2.24, 2.45) is 5.92 Å². The van der Waals surface area contributed by atoms with Crippen LogP contribution >= 0.6 is 11.8 Å². The van der Waals surface area contributed by atoms with Crippen molar-refractivity contribution in [2.75, 3.05) is 19.4 Å². The van der Waals surface area contributed by atoms with Crippen LogP contribution < -0.4 is 10.1 Å². The molecule has 32 heavy (non-hydrogen) atoms. The fraction of sp³-hybridized carbons (Fsp3) is 0.462. The Morgan fingerprint density at radius 3 is 2.47 bits per heavy atom. The highest BCUT2D eigenvalue weighted by molar-refractivity contribution is 7.99. The lowest BCUT2D eigenvalue weighted by molar-refractivity contribution is -0.141. The third-order valence-electron chi connectivity index (χ3n) is 5.16. The van der Waals surface area contributed by atoms with Gasteiger partial charge in [-0.15, -0.1) is 11.8 Å². The lowest BCUT2D eigenvalue weighted by Crippen LogP contribution is -2.49. The van der Waals surface area contributed by atoms with Gasteiger partial charge in [0.05, 0.1) is 7.11 Å². The van der Waals surface area contributed by atoms with Gasteiger partial charge >= 0.3 is 0 Å². The number of aryl methyl sites for hydroxylation is 1. The van der Waals surface area contributed by atoms with Crippen LogP contribution in [-0.4, -0.2) is 42.2 Å². The average molecular weight is 457 g/mol. The highest BCUT2D eigenvalue weighted by Gasteiger charge is 2.28. The molecule has 6 heteroatoms. The van der Waals surface area contributed by atoms with Crippen LogP contribution in [0.25, 0.3) is 0 Å². The van der Waals surface area contributed by atoms with Crippen molar-refractivity contribution >= 4 is 23.6 Å². The Bertz CT molecular complexity index is 868. The number of amides is 2. The topological polar surface area (TPSA) is 58.6 Å². The number of hydrogen-bond donors (Lipinski definition) is 1. The van der Waals surface area contributed by atoms with Gasteiger partial charge in [0, 0.05) is 30.2 Å². The summed E-state index contributed by atoms with van der Waals surface area (Å²) < 4.78 is 5.33. The van der Waals surface area contributed by atoms with Crippen molar-refractivity contribution in [3.05, 3.63) is 59.7 Å². The van der Waals surface area contributed by atoms with Crippen LogP contribution in [0.4, 0.5) is 0 Å². The van der Waals surface area contributed by atoms with Gasteiger partial charge < -0.3 is 15.0 Å². The first kappa shape index (κ1) is 25.8. The molecule has 0 saturated heterocycles. The van der Waals surface area contributed by atoms with E-state index in [-0.39, 0.29) is 11.8 Å². The molecule has 0 aliphatic rings. The zero-order valence-electron chi connectivity index (χ0n) is 19.9. The summed E-state index contributed by atoms with van der Waals surface area (Å²) in [6.07, 6.45) is 0.932. The van der Waals surface area contributed by atoms with Gasteiger partial charge in [0.25, 0.3) is 0 Å². The Morgan fingerprint density at radius 1 is 1.12 bits per heavy atom. The first-order valence-corrected chi connectivity index (χ1v) is 12.2. The van der Waals surface area contributed by atoms with Crippen LogP contribution in [0.2, 0.25) is 0 Å². The Morgan fingerprint density at radius 2 is 1.84 bits per heavy atom. The van der Waals surface area contributed by atoms with E-state index in [4.69, 9.17) is 4.74 Å². The van der Waals surface area contributed by atoms with Gasteiger partial charge in [-0.2, -0.15) is 0 Å². The van der Waals surface area contributed by atoms with E-state index in [1.807, 2.05) is 31.2 Å². The Hall–Kier alpha value is -2.47. The molecule has 1 N–H and O–H groups in total. The maximum absolute atomic E-state index is 13.3. The van der Waals surface area contributed by atoms with Gasteiger partial charge in [0.15, 0.2) is 0 Å². The third-order valence-corrected chi connectivity index (χ3v) is 6.18. The van der Waals surface area contributed by atoms with Crippen LogP contribution in [0.15, 0.2) is 53.4 Å². The van der Waals surface area contributed by atoms with Crippen LogP contribution in [0, 0.1) is 12.8 Å². The fourth-order valence-electron chi connectivity index (χ4n) is 3.34. The lowest BCUT2D eigenvalue weighted by atomic mass is 10.1. The molecule has 2 amide bonds. The second kappa shape index (κ2) is 13.2. The summed E-state index contributed by atoms with van der Waals surface area (Å²) in [6, 6.07) is 15.5. The summed E-state index contributed by atoms with van der Waals surface area (Å²) >= 11 is 1.66. The first-order chi connectivity index (χ1) is 15.3. The second-order valence-electron chi connectivity index (χ2n) is 8.35. The van der Waals surface area contributed by atoms with Crippen molar-refractivity contribution in [2.45, 2.75) is 58.0 Å². The predicted molar refractivity (Wildman–Crippen MR) is 132 cm³/mol. The Balaban J connectivity index is 2.13. The standard InChI is InChI=1S/C26H36N2O3S/c1-6-24(26(30)27-17-19(2)3)28(18-21-8-7-9-22(16-21)31-5)25(29)14-15-32-23-12-10-20(4)11-13-23/h7-13,16,19,24H,6,14-15,17-18H2,1-5H3,(H,27,30)/t24-/m1/s1. The molecular weight excluding hydrogens is 420 g/mol. The highest BCUT2D eigenvalue weighted by Crippen LogP contribution is 2.22. The summed E-state index contributed by atoms with van der Waals surface area (Å²) in [5, 5.41) is 3.00. The summed E-state index contributed by atoms with van der Waals surface area (Å²) in [5.74, 6) is 1.65. The number of benzene rings is 2. The molecule has 0 spiro atoms. The molecule has 0 aliphatic carbocycles. The van der Waals surface area contributed by atoms with E-state index in [9.17, 15) is 9.59 Å². The normalized spacial score (nSPS) is 11.8. The number of methoxy groups -OCH3 is 1. The van der Waals surface area contributed by atoms with Crippen LogP contribution in [0.3, 0.4) is 0 Å². The zero-order valence-corrected chi connectivity index (χ0v) is 20.7. The van der Waals surface area contributed by atoms with Crippen LogP contribution in [0.5, 0.6) is 5.75 Å². The van der Waals surface area contributed by atoms with Crippen molar-refractivity contribution < 1.29 is 14.3 Å². The third kappa shape index (κ3) is 8.23. The van der Waals surface area contributed by atoms with Gasteiger partial charge in [0.1, 0.15) is 11.8 Å². The number of rotatable bonds is 12. The quantitative estimate of drug-likeness (QED) is 0.453. The molecule has 0 aliphatic heterocycles. The van der Waals surface area contributed by atoms with E-state index in [0.29, 0.717) is 37.6 Å². The van der Waals surface area contributed by atoms with Crippen molar-refractivity contribution in [1.82, 2.24) is 10.2 Å². The number of carbonyl (C=O) groups is 2. The van der Waals surface area contributed by atoms with E-state index in [1.54, 1.807) is 23.8 Å². The fourth-order valence-corrected chi connectivity index (χ4v) is 4.18. The van der Waals surface area contributed by atoms with Crippen molar-refractivity contribution in [3.8, 4) is 5.75 Å². The predicted octanol–water partition coefficient (Wildman–Crippen LogP) is 5.07. The lowest BCUT2D eigenvalue weighted by Gasteiger charge is -2.31. The van der Waals surface area contributed by atoms with Gasteiger partial charge in [-0.25, -0.2) is 0 Å². The Labute approximate surface area is 196 Å². The molecule has 174 valence electrons. The van der Waals surface area contributed by atoms with Gasteiger partial charge in [-0.1, -0.05) is 50.6 Å². The molecule has 0 bridgehead atoms. The summed E-state index contributed by atoms with van der Waals surface area (Å²) in [5.41, 5.74) is 2.16. The molecule has 0 aromatic heterocycles. The number of thioether (sulfide) groups is 1. The molecular formula is C26H36N2O3S. The second-order valence-corrected chi connectivity index (χ2v) is 9.52. The van der Waals surface area contributed by atoms with Crippen LogP contribution in [-0.2, 0) is 16.1 Å². The number of nitrogens with zero attached hydrogens (tertiary/aromatic N) is 1. The van der Waals surface area contributed by atoms with Gasteiger partial charge in [-0.05, 0) is 49.1 Å². The summed E-state index contributed by atoms with van der Waals surface area (Å²) in [6.45, 7) is 9.10. The minimum atomic E-state index is -0.503. The largest absolute Gasteiger partial charge is 0.497 e. The van der Waals surface area contributed by atoms with E-state index >= 15 is 0 Å². The highest BCUT2D eigenvalue weighted by atomic mass is 32.2. The molecule has 0 heterocycles. The molecule has 0 fully saturated rings. The van der Waals surface area contributed by atoms with Gasteiger partial charge in [0.2, 0.25) is 11.8 Å². The molecule has 2 aromatic carbocycles. The summed E-state index contributed by atoms with van der Waals surface area (Å²) in [7, 11) is 1.62. The molecule has 2 rings (SSSR count). The molecule has 0 radical (unpaired) electrons. The van der Waals surface area contributed by atoms with E-state index in [2.05, 4.69) is 50.4 Å². The molecule has 0 unspecified atom stereocenters. The molecule has 2 aromatic rings. The molecule has 0 saturated carbocycles. The number of hydrogen-bond acceptors (Lipinski definition) is 4. The van der Waals surface area contributed by atoms with Crippen molar-refractivity contribution in [1.29, 1.82) is 0 Å². The first-order valence-electron chi connectivity index (χ1n) is 11.2. The molecule has 1 atom stereocenters. The summed E-state index contributed by atoms with van der Waals surface area (Å²) in [4.78, 5) is 29.1. The zero-order chi connectivity index (χ0) is 23.5. The number of carbonyl (C=O) groups excluding carboxylic acids is 2. The van der Waals surface area contributed by atoms with E-state index in [0.717, 1.165) is 16.2 Å². The van der Waals surface area contributed by atoms with E-state index in [1.165, 1.54) is 5.56 Å². The van der Waals surface area contributed by atoms with Crippen LogP contribution in [0.1, 0.15) is 44.7 Å². The molecule has 5 nitrogen and oxygen atoms in total. The SMILES string of the molecule is CC[C@H](C(=O)NCC(C)C)N(Cc1cccc(OC)c1)C(=O)CCSc1ccc(C)cc1. The minimum Gasteiger partial charge on any atom is -0.497 e. The maximum Gasteiger partial charge on any atom is 0.242 e. The Kier molecular flexibility index (Phi) is 10.6. The number of ether oxygens (including phenoxy) is 1. The number of nitrogens with one attached hydrogen (secondary N) is 1. The van der Waals surface area contributed by atoms with Gasteiger partial charge in [-0.3, -0.25) is 9.59 Å². The average Bonchev–Trinajstić information content (AvgIpc) is 2.78. The van der Waals surface area contributed by atoms with E-state index < -0.39 is 6.04 Å². The minimum absolute atomic E-state index is 0.0148.